The smallest absolute Gasteiger partial charge is 0.256 e. The first kappa shape index (κ1) is 14.7. The summed E-state index contributed by atoms with van der Waals surface area (Å²) in [6, 6.07) is 14.4. The second kappa shape index (κ2) is 5.85. The third-order valence-electron chi connectivity index (χ3n) is 3.42. The maximum atomic E-state index is 13.4. The summed E-state index contributed by atoms with van der Waals surface area (Å²) in [5.74, 6) is -0.703. The van der Waals surface area contributed by atoms with E-state index in [1.165, 1.54) is 12.1 Å². The highest BCUT2D eigenvalue weighted by molar-refractivity contribution is 6.12. The molecule has 1 N–H and O–H groups in total. The van der Waals surface area contributed by atoms with Crippen molar-refractivity contribution in [1.29, 1.82) is 5.26 Å². The van der Waals surface area contributed by atoms with Crippen molar-refractivity contribution in [3.8, 4) is 6.07 Å². The number of hydrogen-bond donors (Lipinski definition) is 1. The molecule has 112 valence electrons. The highest BCUT2D eigenvalue weighted by Crippen LogP contribution is 2.21. The van der Waals surface area contributed by atoms with Crippen LogP contribution >= 0.6 is 0 Å². The molecule has 1 amide bonds. The van der Waals surface area contributed by atoms with E-state index >= 15 is 0 Å². The van der Waals surface area contributed by atoms with E-state index < -0.39 is 5.82 Å². The van der Waals surface area contributed by atoms with E-state index in [0.29, 0.717) is 33.4 Å². The Labute approximate surface area is 132 Å². The lowest BCUT2D eigenvalue weighted by atomic mass is 10.1. The molecule has 5 heteroatoms. The average Bonchev–Trinajstić information content (AvgIpc) is 2.54. The molecule has 1 aromatic heterocycles. The van der Waals surface area contributed by atoms with Crippen molar-refractivity contribution in [1.82, 2.24) is 4.98 Å². The molecule has 1 heterocycles. The van der Waals surface area contributed by atoms with Crippen molar-refractivity contribution in [2.75, 3.05) is 5.32 Å². The number of nitriles is 1. The molecule has 0 bridgehead atoms. The summed E-state index contributed by atoms with van der Waals surface area (Å²) in [6.45, 7) is 1.75. The van der Waals surface area contributed by atoms with Gasteiger partial charge in [0.25, 0.3) is 5.91 Å². The number of carbonyl (C=O) groups is 1. The van der Waals surface area contributed by atoms with Gasteiger partial charge in [-0.2, -0.15) is 5.26 Å². The Morgan fingerprint density at radius 3 is 2.61 bits per heavy atom. The van der Waals surface area contributed by atoms with Gasteiger partial charge in [0.2, 0.25) is 0 Å². The predicted octanol–water partition coefficient (Wildman–Crippen LogP) is 3.81. The minimum Gasteiger partial charge on any atom is -0.322 e. The van der Waals surface area contributed by atoms with Crippen LogP contribution in [-0.2, 0) is 0 Å². The summed E-state index contributed by atoms with van der Waals surface area (Å²) < 4.78 is 13.4. The number of rotatable bonds is 2. The second-order valence-electron chi connectivity index (χ2n) is 5.12. The lowest BCUT2D eigenvalue weighted by Gasteiger charge is -2.09. The summed E-state index contributed by atoms with van der Waals surface area (Å²) in [6.07, 6.45) is 0. The lowest BCUT2D eigenvalue weighted by Crippen LogP contribution is -2.13. The van der Waals surface area contributed by atoms with E-state index in [2.05, 4.69) is 10.3 Å². The van der Waals surface area contributed by atoms with Crippen LogP contribution in [0.25, 0.3) is 10.9 Å². The molecule has 23 heavy (non-hydrogen) atoms. The summed E-state index contributed by atoms with van der Waals surface area (Å²) in [5.41, 5.74) is 2.60. The van der Waals surface area contributed by atoms with Crippen molar-refractivity contribution in [3.63, 3.8) is 0 Å². The molecule has 0 aliphatic rings. The normalized spacial score (nSPS) is 10.3. The van der Waals surface area contributed by atoms with Gasteiger partial charge in [-0.3, -0.25) is 9.78 Å². The fourth-order valence-electron chi connectivity index (χ4n) is 2.35. The molecule has 0 saturated carbocycles. The zero-order chi connectivity index (χ0) is 16.4. The van der Waals surface area contributed by atoms with Gasteiger partial charge in [-0.25, -0.2) is 4.39 Å². The minimum atomic E-state index is -0.394. The molecule has 0 fully saturated rings. The fraction of sp³-hybridized carbons (Fsp3) is 0.0556. The number of anilines is 1. The number of fused-ring (bicyclic) bond motifs is 1. The number of halogens is 1. The van der Waals surface area contributed by atoms with Crippen LogP contribution in [0.3, 0.4) is 0 Å². The number of nitrogens with one attached hydrogen (secondary N) is 1. The van der Waals surface area contributed by atoms with Crippen molar-refractivity contribution in [2.45, 2.75) is 6.92 Å². The number of amides is 1. The number of benzene rings is 2. The average molecular weight is 305 g/mol. The number of nitrogens with zero attached hydrogens (tertiary/aromatic N) is 2. The standard InChI is InChI=1S/C18H12FN3O/c1-11-8-16(15-7-4-13(19)9-17(15)21-11)18(23)22-14-5-2-12(10-20)3-6-14/h2-9H,1H3,(H,22,23). The number of hydrogen-bond acceptors (Lipinski definition) is 3. The van der Waals surface area contributed by atoms with Crippen LogP contribution in [0.5, 0.6) is 0 Å². The van der Waals surface area contributed by atoms with E-state index in [1.54, 1.807) is 43.3 Å². The van der Waals surface area contributed by atoms with Gasteiger partial charge >= 0.3 is 0 Å². The molecule has 0 saturated heterocycles. The number of aromatic nitrogens is 1. The highest BCUT2D eigenvalue weighted by Gasteiger charge is 2.13. The van der Waals surface area contributed by atoms with Crippen LogP contribution < -0.4 is 5.32 Å². The number of aryl methyl sites for hydroxylation is 1. The van der Waals surface area contributed by atoms with E-state index in [0.717, 1.165) is 0 Å². The molecule has 0 atom stereocenters. The van der Waals surface area contributed by atoms with Crippen molar-refractivity contribution in [2.24, 2.45) is 0 Å². The van der Waals surface area contributed by atoms with Crippen molar-refractivity contribution >= 4 is 22.5 Å². The summed E-state index contributed by atoms with van der Waals surface area (Å²) in [4.78, 5) is 16.8. The Kier molecular flexibility index (Phi) is 3.73. The lowest BCUT2D eigenvalue weighted by molar-refractivity contribution is 0.102. The minimum absolute atomic E-state index is 0.309. The molecule has 0 unspecified atom stereocenters. The second-order valence-corrected chi connectivity index (χ2v) is 5.12. The summed E-state index contributed by atoms with van der Waals surface area (Å²) in [5, 5.41) is 12.1. The molecule has 2 aromatic carbocycles. The van der Waals surface area contributed by atoms with Gasteiger partial charge in [0.1, 0.15) is 5.82 Å². The first-order chi connectivity index (χ1) is 11.1. The Morgan fingerprint density at radius 1 is 1.17 bits per heavy atom. The SMILES string of the molecule is Cc1cc(C(=O)Nc2ccc(C#N)cc2)c2ccc(F)cc2n1. The third kappa shape index (κ3) is 3.01. The van der Waals surface area contributed by atoms with Gasteiger partial charge in [0.05, 0.1) is 22.7 Å². The predicted molar refractivity (Wildman–Crippen MR) is 85.5 cm³/mol. The fourth-order valence-corrected chi connectivity index (χ4v) is 2.35. The van der Waals surface area contributed by atoms with Gasteiger partial charge in [0.15, 0.2) is 0 Å². The Balaban J connectivity index is 1.98. The maximum absolute atomic E-state index is 13.4. The molecular weight excluding hydrogens is 293 g/mol. The van der Waals surface area contributed by atoms with Crippen molar-refractivity contribution < 1.29 is 9.18 Å². The van der Waals surface area contributed by atoms with Crippen molar-refractivity contribution in [3.05, 3.63) is 71.2 Å². The first-order valence-corrected chi connectivity index (χ1v) is 6.95. The number of pyridine rings is 1. The monoisotopic (exact) mass is 305 g/mol. The van der Waals surface area contributed by atoms with E-state index in [-0.39, 0.29) is 5.91 Å². The largest absolute Gasteiger partial charge is 0.322 e. The van der Waals surface area contributed by atoms with Crippen LogP contribution in [0.2, 0.25) is 0 Å². The first-order valence-electron chi connectivity index (χ1n) is 6.95. The van der Waals surface area contributed by atoms with E-state index in [4.69, 9.17) is 5.26 Å². The van der Waals surface area contributed by atoms with Crippen LogP contribution in [0.1, 0.15) is 21.6 Å². The maximum Gasteiger partial charge on any atom is 0.256 e. The molecule has 0 radical (unpaired) electrons. The topological polar surface area (TPSA) is 65.8 Å². The van der Waals surface area contributed by atoms with Gasteiger partial charge in [-0.1, -0.05) is 0 Å². The molecule has 0 aliphatic carbocycles. The quantitative estimate of drug-likeness (QED) is 0.783. The summed E-state index contributed by atoms with van der Waals surface area (Å²) >= 11 is 0. The van der Waals surface area contributed by atoms with Gasteiger partial charge < -0.3 is 5.32 Å². The Bertz CT molecular complexity index is 938. The van der Waals surface area contributed by atoms with Gasteiger partial charge in [0, 0.05) is 22.8 Å². The molecule has 4 nitrogen and oxygen atoms in total. The van der Waals surface area contributed by atoms with E-state index in [9.17, 15) is 9.18 Å². The van der Waals surface area contributed by atoms with Crippen LogP contribution in [0.4, 0.5) is 10.1 Å². The third-order valence-corrected chi connectivity index (χ3v) is 3.42. The Morgan fingerprint density at radius 2 is 1.91 bits per heavy atom. The molecule has 3 aromatic rings. The molecular formula is C18H12FN3O. The summed E-state index contributed by atoms with van der Waals surface area (Å²) in [7, 11) is 0. The zero-order valence-corrected chi connectivity index (χ0v) is 12.3. The highest BCUT2D eigenvalue weighted by atomic mass is 19.1. The molecule has 0 spiro atoms. The zero-order valence-electron chi connectivity index (χ0n) is 12.3. The van der Waals surface area contributed by atoms with Gasteiger partial charge in [-0.05, 0) is 49.4 Å². The van der Waals surface area contributed by atoms with E-state index in [1.807, 2.05) is 6.07 Å². The van der Waals surface area contributed by atoms with Gasteiger partial charge in [-0.15, -0.1) is 0 Å². The Hall–Kier alpha value is -3.26. The molecule has 0 aliphatic heterocycles. The van der Waals surface area contributed by atoms with Crippen LogP contribution in [-0.4, -0.2) is 10.9 Å². The molecule has 3 rings (SSSR count). The van der Waals surface area contributed by atoms with Crippen LogP contribution in [0, 0.1) is 24.1 Å². The number of carbonyl (C=O) groups excluding carboxylic acids is 1. The van der Waals surface area contributed by atoms with Crippen LogP contribution in [0.15, 0.2) is 48.5 Å².